The normalized spacial score (nSPS) is 23.3. The van der Waals surface area contributed by atoms with E-state index in [9.17, 15) is 4.79 Å². The number of carbonyl (C=O) groups is 1. The predicted octanol–water partition coefficient (Wildman–Crippen LogP) is 1.97. The molecule has 3 rings (SSSR count). The molecule has 0 radical (unpaired) electrons. The Hall–Kier alpha value is -1.07. The van der Waals surface area contributed by atoms with Gasteiger partial charge in [0, 0.05) is 24.2 Å². The molecule has 1 saturated heterocycles. The molecule has 1 aromatic rings. The second kappa shape index (κ2) is 7.09. The third-order valence-electron chi connectivity index (χ3n) is 4.26. The predicted molar refractivity (Wildman–Crippen MR) is 80.4 cm³/mol. The van der Waals surface area contributed by atoms with Crippen molar-refractivity contribution >= 4 is 18.3 Å². The molecule has 1 saturated carbocycles. The number of aromatic nitrogens is 2. The Balaban J connectivity index is 0.00000147. The summed E-state index contributed by atoms with van der Waals surface area (Å²) in [4.78, 5) is 12.1. The van der Waals surface area contributed by atoms with Crippen molar-refractivity contribution in [2.24, 2.45) is 0 Å². The quantitative estimate of drug-likeness (QED) is 0.799. The first-order valence-corrected chi connectivity index (χ1v) is 7.40. The van der Waals surface area contributed by atoms with Crippen LogP contribution in [0.15, 0.2) is 6.07 Å². The van der Waals surface area contributed by atoms with Gasteiger partial charge in [-0.3, -0.25) is 9.89 Å². The number of hydrogen-bond acceptors (Lipinski definition) is 3. The fraction of sp³-hybridized carbons (Fsp3) is 0.714. The molecule has 2 fully saturated rings. The second-order valence-corrected chi connectivity index (χ2v) is 5.71. The number of amides is 1. The van der Waals surface area contributed by atoms with Crippen LogP contribution in [0.25, 0.3) is 0 Å². The van der Waals surface area contributed by atoms with E-state index in [1.165, 1.54) is 25.7 Å². The minimum Gasteiger partial charge on any atom is -0.348 e. The Morgan fingerprint density at radius 1 is 1.25 bits per heavy atom. The molecule has 0 aromatic carbocycles. The van der Waals surface area contributed by atoms with Crippen LogP contribution in [-0.2, 0) is 0 Å². The molecule has 0 spiro atoms. The van der Waals surface area contributed by atoms with Crippen LogP contribution in [0.1, 0.15) is 60.6 Å². The molecule has 1 unspecified atom stereocenters. The van der Waals surface area contributed by atoms with Crippen LogP contribution in [0.2, 0.25) is 0 Å². The molecule has 1 aliphatic heterocycles. The van der Waals surface area contributed by atoms with Gasteiger partial charge in [0.2, 0.25) is 0 Å². The number of H-pyrrole nitrogens is 1. The maximum Gasteiger partial charge on any atom is 0.271 e. The average Bonchev–Trinajstić information content (AvgIpc) is 3.10. The Morgan fingerprint density at radius 3 is 2.75 bits per heavy atom. The van der Waals surface area contributed by atoms with E-state index in [-0.39, 0.29) is 18.3 Å². The van der Waals surface area contributed by atoms with Crippen LogP contribution < -0.4 is 10.6 Å². The average molecular weight is 299 g/mol. The molecule has 20 heavy (non-hydrogen) atoms. The first-order chi connectivity index (χ1) is 9.33. The molecular formula is C14H23ClN4O. The van der Waals surface area contributed by atoms with E-state index >= 15 is 0 Å². The highest BCUT2D eigenvalue weighted by Crippen LogP contribution is 2.22. The highest BCUT2D eigenvalue weighted by Gasteiger charge is 2.22. The summed E-state index contributed by atoms with van der Waals surface area (Å²) in [6.07, 6.45) is 7.02. The first kappa shape index (κ1) is 15.3. The van der Waals surface area contributed by atoms with Gasteiger partial charge < -0.3 is 10.6 Å². The van der Waals surface area contributed by atoms with E-state index in [0.29, 0.717) is 17.7 Å². The fourth-order valence-corrected chi connectivity index (χ4v) is 3.11. The summed E-state index contributed by atoms with van der Waals surface area (Å²) < 4.78 is 0. The number of hydrogen-bond donors (Lipinski definition) is 3. The van der Waals surface area contributed by atoms with E-state index in [2.05, 4.69) is 20.8 Å². The lowest BCUT2D eigenvalue weighted by Crippen LogP contribution is -2.32. The number of halogens is 1. The van der Waals surface area contributed by atoms with Crippen molar-refractivity contribution in [3.63, 3.8) is 0 Å². The maximum atomic E-state index is 12.1. The number of nitrogens with one attached hydrogen (secondary N) is 3. The van der Waals surface area contributed by atoms with E-state index in [4.69, 9.17) is 0 Å². The van der Waals surface area contributed by atoms with E-state index in [1.807, 2.05) is 6.07 Å². The maximum absolute atomic E-state index is 12.1. The summed E-state index contributed by atoms with van der Waals surface area (Å²) in [7, 11) is 0. The Morgan fingerprint density at radius 2 is 2.05 bits per heavy atom. The molecule has 112 valence electrons. The van der Waals surface area contributed by atoms with Crippen LogP contribution in [0, 0.1) is 0 Å². The van der Waals surface area contributed by atoms with Crippen molar-refractivity contribution in [1.82, 2.24) is 20.8 Å². The highest BCUT2D eigenvalue weighted by atomic mass is 35.5. The number of piperidine rings is 1. The minimum absolute atomic E-state index is 0. The molecule has 2 heterocycles. The zero-order valence-electron chi connectivity index (χ0n) is 11.7. The van der Waals surface area contributed by atoms with Crippen molar-refractivity contribution in [3.8, 4) is 0 Å². The first-order valence-electron chi connectivity index (χ1n) is 7.40. The van der Waals surface area contributed by atoms with Crippen LogP contribution >= 0.6 is 12.4 Å². The van der Waals surface area contributed by atoms with Crippen molar-refractivity contribution in [2.45, 2.75) is 50.5 Å². The lowest BCUT2D eigenvalue weighted by Gasteiger charge is -2.21. The van der Waals surface area contributed by atoms with Gasteiger partial charge in [-0.2, -0.15) is 5.10 Å². The number of aromatic amines is 1. The third kappa shape index (κ3) is 3.52. The second-order valence-electron chi connectivity index (χ2n) is 5.71. The molecule has 0 bridgehead atoms. The van der Waals surface area contributed by atoms with Crippen LogP contribution in [0.3, 0.4) is 0 Å². The largest absolute Gasteiger partial charge is 0.348 e. The minimum atomic E-state index is -0.0295. The van der Waals surface area contributed by atoms with Crippen molar-refractivity contribution < 1.29 is 4.79 Å². The number of rotatable bonds is 3. The summed E-state index contributed by atoms with van der Waals surface area (Å²) in [5, 5.41) is 13.7. The monoisotopic (exact) mass is 298 g/mol. The zero-order valence-corrected chi connectivity index (χ0v) is 12.5. The lowest BCUT2D eigenvalue weighted by molar-refractivity contribution is 0.0933. The van der Waals surface area contributed by atoms with Crippen LogP contribution in [-0.4, -0.2) is 35.2 Å². The third-order valence-corrected chi connectivity index (χ3v) is 4.26. The van der Waals surface area contributed by atoms with Gasteiger partial charge >= 0.3 is 0 Å². The summed E-state index contributed by atoms with van der Waals surface area (Å²) in [5.41, 5.74) is 1.62. The van der Waals surface area contributed by atoms with E-state index < -0.39 is 0 Å². The van der Waals surface area contributed by atoms with Gasteiger partial charge in [0.05, 0.1) is 0 Å². The molecule has 6 heteroatoms. The van der Waals surface area contributed by atoms with Crippen molar-refractivity contribution in [1.29, 1.82) is 0 Å². The zero-order chi connectivity index (χ0) is 13.1. The standard InChI is InChI=1S/C14H22N4O.ClH/c19-14(16-11-5-1-2-6-11)13-8-12(17-18-13)10-4-3-7-15-9-10;/h8,10-11,15H,1-7,9H2,(H,16,19)(H,17,18);1H. The van der Waals surface area contributed by atoms with Crippen molar-refractivity contribution in [2.75, 3.05) is 13.1 Å². The van der Waals surface area contributed by atoms with E-state index in [0.717, 1.165) is 31.6 Å². The Kier molecular flexibility index (Phi) is 5.43. The van der Waals surface area contributed by atoms with Crippen LogP contribution in [0.4, 0.5) is 0 Å². The summed E-state index contributed by atoms with van der Waals surface area (Å²) in [6, 6.07) is 2.27. The molecule has 5 nitrogen and oxygen atoms in total. The smallest absolute Gasteiger partial charge is 0.271 e. The lowest BCUT2D eigenvalue weighted by atomic mass is 9.96. The number of carbonyl (C=O) groups excluding carboxylic acids is 1. The van der Waals surface area contributed by atoms with Crippen molar-refractivity contribution in [3.05, 3.63) is 17.5 Å². The van der Waals surface area contributed by atoms with Gasteiger partial charge in [-0.25, -0.2) is 0 Å². The molecule has 2 aliphatic rings. The molecule has 1 aliphatic carbocycles. The molecule has 1 atom stereocenters. The molecule has 1 amide bonds. The van der Waals surface area contributed by atoms with Gasteiger partial charge in [0.1, 0.15) is 5.69 Å². The molecular weight excluding hydrogens is 276 g/mol. The fourth-order valence-electron chi connectivity index (χ4n) is 3.11. The van der Waals surface area contributed by atoms with Gasteiger partial charge in [0.15, 0.2) is 0 Å². The highest BCUT2D eigenvalue weighted by molar-refractivity contribution is 5.92. The molecule has 3 N–H and O–H groups in total. The van der Waals surface area contributed by atoms with Gasteiger partial charge in [0.25, 0.3) is 5.91 Å². The van der Waals surface area contributed by atoms with Gasteiger partial charge in [-0.05, 0) is 38.3 Å². The van der Waals surface area contributed by atoms with Gasteiger partial charge in [-0.15, -0.1) is 12.4 Å². The van der Waals surface area contributed by atoms with E-state index in [1.54, 1.807) is 0 Å². The summed E-state index contributed by atoms with van der Waals surface area (Å²) >= 11 is 0. The van der Waals surface area contributed by atoms with Gasteiger partial charge in [-0.1, -0.05) is 12.8 Å². The number of nitrogens with zero attached hydrogens (tertiary/aromatic N) is 1. The topological polar surface area (TPSA) is 69.8 Å². The summed E-state index contributed by atoms with van der Waals surface area (Å²) in [6.45, 7) is 2.07. The van der Waals surface area contributed by atoms with Crippen LogP contribution in [0.5, 0.6) is 0 Å². The Labute approximate surface area is 125 Å². The Bertz CT molecular complexity index is 436. The summed E-state index contributed by atoms with van der Waals surface area (Å²) in [5.74, 6) is 0.437. The molecule has 1 aromatic heterocycles. The SMILES string of the molecule is Cl.O=C(NC1CCCC1)c1cc(C2CCCNC2)[nH]n1.